The number of rotatable bonds is 15. The summed E-state index contributed by atoms with van der Waals surface area (Å²) in [6.07, 6.45) is -2.56. The summed E-state index contributed by atoms with van der Waals surface area (Å²) in [4.78, 5) is 0.522. The molecular formula is C26H60ClN6P2S+. The van der Waals surface area contributed by atoms with E-state index >= 15 is 0 Å². The summed E-state index contributed by atoms with van der Waals surface area (Å²) >= 11 is 14.0. The van der Waals surface area contributed by atoms with Gasteiger partial charge in [-0.3, -0.25) is 9.34 Å². The highest BCUT2D eigenvalue weighted by atomic mass is 35.5. The minimum atomic E-state index is -2.56. The predicted octanol–water partition coefficient (Wildman–Crippen LogP) is 8.26. The van der Waals surface area contributed by atoms with E-state index in [1.54, 1.807) is 0 Å². The molecule has 0 radical (unpaired) electrons. The largest absolute Gasteiger partial charge is 0.263 e. The van der Waals surface area contributed by atoms with Crippen molar-refractivity contribution in [3.05, 3.63) is 0 Å². The molecule has 0 aromatic heterocycles. The molecule has 0 bridgehead atoms. The van der Waals surface area contributed by atoms with Crippen LogP contribution in [-0.2, 0) is 11.8 Å². The van der Waals surface area contributed by atoms with E-state index in [1.807, 2.05) is 0 Å². The molecule has 0 aromatic carbocycles. The molecule has 0 spiro atoms. The highest BCUT2D eigenvalue weighted by Crippen LogP contribution is 2.64. The molecule has 6 nitrogen and oxygen atoms in total. The Hall–Kier alpha value is 0.680. The normalized spacial score (nSPS) is 14.9. The molecule has 0 rings (SSSR count). The number of hydrogen-bond donors (Lipinski definition) is 1. The lowest BCUT2D eigenvalue weighted by Gasteiger charge is -2.49. The molecule has 0 heterocycles. The summed E-state index contributed by atoms with van der Waals surface area (Å²) in [7, 11) is -2.11. The molecule has 0 saturated carbocycles. The fourth-order valence-electron chi connectivity index (χ4n) is 6.17. The van der Waals surface area contributed by atoms with Gasteiger partial charge in [-0.25, -0.2) is 0 Å². The molecule has 0 fully saturated rings. The third-order valence-corrected chi connectivity index (χ3v) is 16.9. The maximum Gasteiger partial charge on any atom is 0.263 e. The SMILES string of the molecule is CC(C)N(C(C)C)P(=S)(/C(Cl)=N\N[P+](C)(N(C(C)C)C(C)C)N(C(C)C)C(C)C)N(C(C)C)C(C)C. The predicted molar refractivity (Wildman–Crippen MR) is 172 cm³/mol. The van der Waals surface area contributed by atoms with Crippen molar-refractivity contribution in [3.63, 3.8) is 0 Å². The second-order valence-corrected chi connectivity index (χ2v) is 19.7. The lowest BCUT2D eigenvalue weighted by atomic mass is 10.3. The second kappa shape index (κ2) is 14.9. The van der Waals surface area contributed by atoms with Gasteiger partial charge >= 0.3 is 0 Å². The summed E-state index contributed by atoms with van der Waals surface area (Å²) in [5.74, 6) is 0. The first-order valence-electron chi connectivity index (χ1n) is 13.8. The van der Waals surface area contributed by atoms with Gasteiger partial charge in [-0.15, -0.1) is 19.6 Å². The Morgan fingerprint density at radius 2 is 0.861 bits per heavy atom. The van der Waals surface area contributed by atoms with Crippen LogP contribution in [0.3, 0.4) is 0 Å². The molecule has 0 unspecified atom stereocenters. The van der Waals surface area contributed by atoms with Crippen LogP contribution in [0.5, 0.6) is 0 Å². The van der Waals surface area contributed by atoms with E-state index in [9.17, 15) is 0 Å². The molecule has 216 valence electrons. The van der Waals surface area contributed by atoms with E-state index in [1.165, 1.54) is 0 Å². The van der Waals surface area contributed by atoms with Crippen LogP contribution in [-0.4, -0.2) is 78.6 Å². The van der Waals surface area contributed by atoms with E-state index in [0.717, 1.165) is 0 Å². The fourth-order valence-corrected chi connectivity index (χ4v) is 16.9. The van der Waals surface area contributed by atoms with Gasteiger partial charge < -0.3 is 0 Å². The number of halogens is 1. The Morgan fingerprint density at radius 3 is 1.06 bits per heavy atom. The first-order chi connectivity index (χ1) is 16.2. The van der Waals surface area contributed by atoms with Crippen molar-refractivity contribution in [2.75, 3.05) is 6.66 Å². The van der Waals surface area contributed by atoms with Crippen LogP contribution in [0.25, 0.3) is 0 Å². The number of hydrogen-bond acceptors (Lipinski definition) is 5. The Balaban J connectivity index is 7.19. The molecule has 0 amide bonds. The Morgan fingerprint density at radius 1 is 0.611 bits per heavy atom. The van der Waals surface area contributed by atoms with Crippen molar-refractivity contribution in [3.8, 4) is 0 Å². The lowest BCUT2D eigenvalue weighted by Crippen LogP contribution is -2.51. The Bertz CT molecular complexity index is 664. The molecule has 10 heteroatoms. The van der Waals surface area contributed by atoms with Gasteiger partial charge in [-0.1, -0.05) is 23.4 Å². The van der Waals surface area contributed by atoms with Crippen molar-refractivity contribution < 1.29 is 0 Å². The topological polar surface area (TPSA) is 37.4 Å². The van der Waals surface area contributed by atoms with E-state index in [2.05, 4.69) is 141 Å². The summed E-state index contributed by atoms with van der Waals surface area (Å²) in [5.41, 5.74) is 0. The third-order valence-electron chi connectivity index (χ3n) is 6.33. The zero-order valence-corrected chi connectivity index (χ0v) is 29.9. The Kier molecular flexibility index (Phi) is 15.2. The molecule has 36 heavy (non-hydrogen) atoms. The summed E-state index contributed by atoms with van der Waals surface area (Å²) in [6, 6.07) is 2.35. The summed E-state index contributed by atoms with van der Waals surface area (Å²) in [6.45, 7) is 38.2. The quantitative estimate of drug-likeness (QED) is 0.118. The van der Waals surface area contributed by atoms with Gasteiger partial charge in [0.1, 0.15) is 13.0 Å². The lowest BCUT2D eigenvalue weighted by molar-refractivity contribution is 0.240. The first kappa shape index (κ1) is 36.7. The first-order valence-corrected chi connectivity index (χ1v) is 19.0. The van der Waals surface area contributed by atoms with Gasteiger partial charge in [0.2, 0.25) is 0 Å². The highest BCUT2D eigenvalue weighted by Gasteiger charge is 2.52. The molecule has 0 aliphatic rings. The van der Waals surface area contributed by atoms with E-state index in [0.29, 0.717) is 29.1 Å². The summed E-state index contributed by atoms with van der Waals surface area (Å²) < 4.78 is 10.0. The van der Waals surface area contributed by atoms with E-state index in [-0.39, 0.29) is 24.2 Å². The van der Waals surface area contributed by atoms with Crippen molar-refractivity contribution in [1.29, 1.82) is 0 Å². The fraction of sp³-hybridized carbons (Fsp3) is 0.962. The molecule has 0 aliphatic carbocycles. The minimum absolute atomic E-state index is 0.242. The van der Waals surface area contributed by atoms with E-state index < -0.39 is 14.1 Å². The average Bonchev–Trinajstić information content (AvgIpc) is 2.63. The van der Waals surface area contributed by atoms with Crippen molar-refractivity contribution >= 4 is 42.4 Å². The van der Waals surface area contributed by atoms with Crippen LogP contribution in [0, 0.1) is 0 Å². The van der Waals surface area contributed by atoms with Crippen molar-refractivity contribution in [1.82, 2.24) is 23.9 Å². The minimum Gasteiger partial charge on any atom is -0.253 e. The number of nitrogens with zero attached hydrogens (tertiary/aromatic N) is 5. The van der Waals surface area contributed by atoms with Gasteiger partial charge in [-0.05, 0) is 111 Å². The zero-order valence-electron chi connectivity index (χ0n) is 26.5. The van der Waals surface area contributed by atoms with Crippen LogP contribution in [0.1, 0.15) is 111 Å². The van der Waals surface area contributed by atoms with Gasteiger partial charge in [-0.2, -0.15) is 0 Å². The van der Waals surface area contributed by atoms with Gasteiger partial charge in [0, 0.05) is 48.3 Å². The number of nitrogens with one attached hydrogen (secondary N) is 1. The molecule has 0 atom stereocenters. The monoisotopic (exact) mass is 585 g/mol. The van der Waals surface area contributed by atoms with Gasteiger partial charge in [0.25, 0.3) is 7.71 Å². The second-order valence-electron chi connectivity index (χ2n) is 12.2. The molecule has 0 aromatic rings. The third kappa shape index (κ3) is 8.34. The van der Waals surface area contributed by atoms with Crippen LogP contribution in [0.15, 0.2) is 5.10 Å². The maximum absolute atomic E-state index is 7.32. The van der Waals surface area contributed by atoms with Gasteiger partial charge in [0.15, 0.2) is 4.91 Å². The van der Waals surface area contributed by atoms with Crippen LogP contribution < -0.4 is 5.20 Å². The van der Waals surface area contributed by atoms with Crippen LogP contribution in [0.2, 0.25) is 0 Å². The van der Waals surface area contributed by atoms with E-state index in [4.69, 9.17) is 28.5 Å². The Labute approximate surface area is 236 Å². The van der Waals surface area contributed by atoms with Gasteiger partial charge in [0.05, 0.1) is 0 Å². The smallest absolute Gasteiger partial charge is 0.253 e. The van der Waals surface area contributed by atoms with Crippen LogP contribution >= 0.6 is 25.7 Å². The van der Waals surface area contributed by atoms with Crippen molar-refractivity contribution in [2.45, 2.75) is 159 Å². The highest BCUT2D eigenvalue weighted by molar-refractivity contribution is 8.22. The average molecular weight is 586 g/mol. The maximum atomic E-state index is 7.32. The summed E-state index contributed by atoms with van der Waals surface area (Å²) in [5, 5.41) is 8.79. The molecule has 0 saturated heterocycles. The molecular weight excluding hydrogens is 526 g/mol. The van der Waals surface area contributed by atoms with Crippen LogP contribution in [0.4, 0.5) is 0 Å². The molecule has 0 aliphatic heterocycles. The molecule has 1 N–H and O–H groups in total. The zero-order chi connectivity index (χ0) is 28.9. The van der Waals surface area contributed by atoms with Crippen molar-refractivity contribution in [2.24, 2.45) is 5.10 Å². The standard InChI is InChI=1S/C26H60ClN6P2S/c1-18(2)30(19(3)4)34(17,31(20(5)6)21(7)8)29-28-26(27)35(36,32(22(9)10)23(11)12)33(24(13)14)25(15)16/h18-25,29H,1-17H3/q+1/b28-26-. The number of hydrazone groups is 1.